The second-order valence-corrected chi connectivity index (χ2v) is 8.15. The lowest BCUT2D eigenvalue weighted by molar-refractivity contribution is -0.138. The summed E-state index contributed by atoms with van der Waals surface area (Å²) < 4.78 is 5.97. The molecule has 0 bridgehead atoms. The van der Waals surface area contributed by atoms with Crippen LogP contribution in [0.2, 0.25) is 0 Å². The number of thiocarbonyl (C=S) groups is 1. The summed E-state index contributed by atoms with van der Waals surface area (Å²) in [5, 5.41) is 3.63. The highest BCUT2D eigenvalue weighted by Gasteiger charge is 2.36. The van der Waals surface area contributed by atoms with Crippen LogP contribution in [0.5, 0.6) is 0 Å². The summed E-state index contributed by atoms with van der Waals surface area (Å²) in [6.07, 6.45) is 4.23. The van der Waals surface area contributed by atoms with Crippen molar-refractivity contribution in [3.63, 3.8) is 0 Å². The van der Waals surface area contributed by atoms with E-state index in [2.05, 4.69) is 30.1 Å². The number of aryl methyl sites for hydroxylation is 1. The van der Waals surface area contributed by atoms with Crippen LogP contribution in [0, 0.1) is 0 Å². The number of carbonyl (C=O) groups is 1. The van der Waals surface area contributed by atoms with Gasteiger partial charge in [0.15, 0.2) is 4.32 Å². The van der Waals surface area contributed by atoms with Crippen LogP contribution in [0.25, 0.3) is 6.08 Å². The Morgan fingerprint density at radius 1 is 1.24 bits per heavy atom. The number of rotatable bonds is 2. The van der Waals surface area contributed by atoms with Gasteiger partial charge in [0.1, 0.15) is 0 Å². The van der Waals surface area contributed by atoms with Gasteiger partial charge in [-0.3, -0.25) is 4.79 Å². The predicted molar refractivity (Wildman–Crippen MR) is 105 cm³/mol. The van der Waals surface area contributed by atoms with E-state index in [1.165, 1.54) is 29.4 Å². The van der Waals surface area contributed by atoms with Gasteiger partial charge < -0.3 is 9.64 Å². The topological polar surface area (TPSA) is 36.0 Å². The van der Waals surface area contributed by atoms with Gasteiger partial charge in [0.05, 0.1) is 18.1 Å². The number of fused-ring (bicyclic) bond motifs is 1. The minimum atomic E-state index is -0.0215. The molecule has 0 aromatic heterocycles. The fourth-order valence-electron chi connectivity index (χ4n) is 3.50. The first-order valence-corrected chi connectivity index (χ1v) is 9.80. The molecule has 0 saturated carbocycles. The number of anilines is 1. The van der Waals surface area contributed by atoms with Crippen molar-refractivity contribution in [1.29, 1.82) is 0 Å². The van der Waals surface area contributed by atoms with Crippen molar-refractivity contribution in [2.75, 3.05) is 44.8 Å². The molecule has 0 atom stereocenters. The number of thioether (sulfide) groups is 1. The molecule has 2 fully saturated rings. The summed E-state index contributed by atoms with van der Waals surface area (Å²) in [6.45, 7) is 3.77. The first kappa shape index (κ1) is 17.0. The van der Waals surface area contributed by atoms with Crippen molar-refractivity contribution < 1.29 is 9.53 Å². The SMILES string of the molecule is CN1CCCc2cc(/C=C3/SC(=S)N(N4CCOCC4)C3=O)ccc21. The molecule has 3 aliphatic heterocycles. The molecular weight excluding hydrogens is 354 g/mol. The predicted octanol–water partition coefficient (Wildman–Crippen LogP) is 2.52. The third-order valence-electron chi connectivity index (χ3n) is 4.80. The van der Waals surface area contributed by atoms with Crippen molar-refractivity contribution in [3.8, 4) is 0 Å². The molecule has 25 heavy (non-hydrogen) atoms. The van der Waals surface area contributed by atoms with E-state index in [4.69, 9.17) is 17.0 Å². The molecule has 3 aliphatic rings. The van der Waals surface area contributed by atoms with Crippen LogP contribution in [0.3, 0.4) is 0 Å². The lowest BCUT2D eigenvalue weighted by atomic mass is 9.99. The number of amides is 1. The number of carbonyl (C=O) groups excluding carboxylic acids is 1. The average Bonchev–Trinajstić information content (AvgIpc) is 2.89. The Morgan fingerprint density at radius 3 is 2.84 bits per heavy atom. The molecule has 1 aromatic rings. The van der Waals surface area contributed by atoms with Crippen LogP contribution in [0.4, 0.5) is 5.69 Å². The summed E-state index contributed by atoms with van der Waals surface area (Å²) in [6, 6.07) is 6.44. The fraction of sp³-hybridized carbons (Fsp3) is 0.444. The molecule has 1 aromatic carbocycles. The minimum Gasteiger partial charge on any atom is -0.379 e. The van der Waals surface area contributed by atoms with E-state index in [-0.39, 0.29) is 5.91 Å². The highest BCUT2D eigenvalue weighted by Crippen LogP contribution is 2.35. The highest BCUT2D eigenvalue weighted by atomic mass is 32.2. The van der Waals surface area contributed by atoms with Gasteiger partial charge in [0, 0.05) is 32.4 Å². The minimum absolute atomic E-state index is 0.0215. The van der Waals surface area contributed by atoms with E-state index in [9.17, 15) is 4.79 Å². The highest BCUT2D eigenvalue weighted by molar-refractivity contribution is 8.26. The van der Waals surface area contributed by atoms with Gasteiger partial charge in [0.25, 0.3) is 5.91 Å². The zero-order valence-electron chi connectivity index (χ0n) is 14.2. The first-order chi connectivity index (χ1) is 12.1. The monoisotopic (exact) mass is 375 g/mol. The van der Waals surface area contributed by atoms with E-state index in [0.29, 0.717) is 35.5 Å². The Morgan fingerprint density at radius 2 is 2.04 bits per heavy atom. The Bertz CT molecular complexity index is 744. The number of hydrogen-bond acceptors (Lipinski definition) is 6. The molecular formula is C18H21N3O2S2. The van der Waals surface area contributed by atoms with Gasteiger partial charge >= 0.3 is 0 Å². The quantitative estimate of drug-likeness (QED) is 0.584. The Kier molecular flexibility index (Phi) is 4.82. The molecule has 1 amide bonds. The summed E-state index contributed by atoms with van der Waals surface area (Å²) in [5.74, 6) is -0.0215. The molecule has 132 valence electrons. The van der Waals surface area contributed by atoms with Crippen molar-refractivity contribution in [2.24, 2.45) is 0 Å². The number of nitrogens with zero attached hydrogens (tertiary/aromatic N) is 3. The van der Waals surface area contributed by atoms with E-state index < -0.39 is 0 Å². The maximum atomic E-state index is 12.8. The smallest absolute Gasteiger partial charge is 0.280 e. The van der Waals surface area contributed by atoms with Crippen LogP contribution in [-0.2, 0) is 16.0 Å². The van der Waals surface area contributed by atoms with E-state index in [0.717, 1.165) is 18.5 Å². The largest absolute Gasteiger partial charge is 0.379 e. The molecule has 0 radical (unpaired) electrons. The molecule has 0 aliphatic carbocycles. The third kappa shape index (κ3) is 3.33. The number of benzene rings is 1. The van der Waals surface area contributed by atoms with Gasteiger partial charge in [-0.1, -0.05) is 30.0 Å². The van der Waals surface area contributed by atoms with Gasteiger partial charge in [0.2, 0.25) is 0 Å². The van der Waals surface area contributed by atoms with Crippen molar-refractivity contribution in [2.45, 2.75) is 12.8 Å². The molecule has 4 rings (SSSR count). The third-order valence-corrected chi connectivity index (χ3v) is 6.08. The lowest BCUT2D eigenvalue weighted by Crippen LogP contribution is -2.50. The normalized spacial score (nSPS) is 23.5. The maximum absolute atomic E-state index is 12.8. The van der Waals surface area contributed by atoms with Crippen LogP contribution in [0.1, 0.15) is 17.5 Å². The Labute approximate surface area is 157 Å². The van der Waals surface area contributed by atoms with Crippen molar-refractivity contribution in [3.05, 3.63) is 34.2 Å². The van der Waals surface area contributed by atoms with Gasteiger partial charge in [-0.2, -0.15) is 0 Å². The summed E-state index contributed by atoms with van der Waals surface area (Å²) >= 11 is 6.83. The maximum Gasteiger partial charge on any atom is 0.280 e. The first-order valence-electron chi connectivity index (χ1n) is 8.58. The molecule has 3 heterocycles. The van der Waals surface area contributed by atoms with Crippen molar-refractivity contribution >= 4 is 46.0 Å². The van der Waals surface area contributed by atoms with E-state index in [1.54, 1.807) is 5.01 Å². The molecule has 0 N–H and O–H groups in total. The summed E-state index contributed by atoms with van der Waals surface area (Å²) in [4.78, 5) is 15.8. The zero-order valence-corrected chi connectivity index (χ0v) is 15.9. The van der Waals surface area contributed by atoms with Crippen LogP contribution < -0.4 is 4.90 Å². The zero-order chi connectivity index (χ0) is 17.4. The van der Waals surface area contributed by atoms with Gasteiger partial charge in [-0.05, 0) is 42.2 Å². The van der Waals surface area contributed by atoms with Gasteiger partial charge in [-0.25, -0.2) is 10.0 Å². The van der Waals surface area contributed by atoms with Crippen molar-refractivity contribution in [1.82, 2.24) is 10.0 Å². The molecule has 0 unspecified atom stereocenters. The summed E-state index contributed by atoms with van der Waals surface area (Å²) in [5.41, 5.74) is 3.71. The molecule has 7 heteroatoms. The molecule has 2 saturated heterocycles. The standard InChI is InChI=1S/C18H21N3O2S2/c1-19-6-2-3-14-11-13(4-5-15(14)19)12-16-17(22)21(18(24)25-16)20-7-9-23-10-8-20/h4-5,11-12H,2-3,6-10H2,1H3/b16-12+. The molecule has 5 nitrogen and oxygen atoms in total. The number of hydrogen-bond donors (Lipinski definition) is 0. The lowest BCUT2D eigenvalue weighted by Gasteiger charge is -2.33. The van der Waals surface area contributed by atoms with E-state index in [1.807, 2.05) is 11.1 Å². The second-order valence-electron chi connectivity index (χ2n) is 6.47. The Balaban J connectivity index is 1.57. The average molecular weight is 376 g/mol. The number of hydrazine groups is 1. The second kappa shape index (κ2) is 7.07. The van der Waals surface area contributed by atoms with E-state index >= 15 is 0 Å². The van der Waals surface area contributed by atoms with Crippen LogP contribution in [0.15, 0.2) is 23.1 Å². The number of ether oxygens (including phenoxy) is 1. The molecule has 0 spiro atoms. The summed E-state index contributed by atoms with van der Waals surface area (Å²) in [7, 11) is 2.13. The number of morpholine rings is 1. The van der Waals surface area contributed by atoms with Crippen LogP contribution in [-0.4, -0.2) is 60.1 Å². The van der Waals surface area contributed by atoms with Crippen LogP contribution >= 0.6 is 24.0 Å². The fourth-order valence-corrected chi connectivity index (χ4v) is 4.81. The van der Waals surface area contributed by atoms with Gasteiger partial charge in [-0.15, -0.1) is 0 Å². The Hall–Kier alpha value is -1.41.